The normalized spacial score (nSPS) is 35.8. The molecule has 0 aliphatic heterocycles. The molecule has 0 saturated heterocycles. The van der Waals surface area contributed by atoms with E-state index in [2.05, 4.69) is 13.8 Å². The smallest absolute Gasteiger partial charge is 0.305 e. The van der Waals surface area contributed by atoms with Crippen LogP contribution in [0.25, 0.3) is 0 Å². The maximum absolute atomic E-state index is 12.5. The third-order valence-corrected chi connectivity index (χ3v) is 5.30. The molecule has 4 heteroatoms. The Morgan fingerprint density at radius 2 is 1.88 bits per heavy atom. The molecular formula is C13H21NO3. The van der Waals surface area contributed by atoms with Gasteiger partial charge in [0.05, 0.1) is 12.5 Å². The molecule has 0 aromatic heterocycles. The Hall–Kier alpha value is -0.900. The molecule has 0 spiro atoms. The number of hydrogen-bond donors (Lipinski definition) is 2. The van der Waals surface area contributed by atoms with Crippen LogP contribution < -0.4 is 5.73 Å². The molecule has 2 aliphatic rings. The summed E-state index contributed by atoms with van der Waals surface area (Å²) in [6.07, 6.45) is 3.69. The quantitative estimate of drug-likeness (QED) is 0.780. The zero-order valence-electron chi connectivity index (χ0n) is 10.5. The van der Waals surface area contributed by atoms with Gasteiger partial charge in [-0.3, -0.25) is 9.59 Å². The second-order valence-corrected chi connectivity index (χ2v) is 6.15. The number of aliphatic carboxylic acids is 1. The standard InChI is InChI=1S/C13H21NO3/c1-12(2)8-3-5-13(12,6-4-8)11(17)9(14)7-10(15)16/h8-9H,3-7,14H2,1-2H3,(H,15,16)/t8?,9-,13?/m0/s1. The molecule has 96 valence electrons. The highest BCUT2D eigenvalue weighted by Gasteiger charge is 2.63. The van der Waals surface area contributed by atoms with Gasteiger partial charge in [0.2, 0.25) is 0 Å². The van der Waals surface area contributed by atoms with Crippen molar-refractivity contribution in [3.05, 3.63) is 0 Å². The van der Waals surface area contributed by atoms with Crippen molar-refractivity contribution in [1.82, 2.24) is 0 Å². The van der Waals surface area contributed by atoms with Crippen LogP contribution in [0.15, 0.2) is 0 Å². The maximum Gasteiger partial charge on any atom is 0.305 e. The minimum Gasteiger partial charge on any atom is -0.481 e. The van der Waals surface area contributed by atoms with Crippen molar-refractivity contribution < 1.29 is 14.7 Å². The van der Waals surface area contributed by atoms with E-state index in [4.69, 9.17) is 10.8 Å². The molecular weight excluding hydrogens is 218 g/mol. The Morgan fingerprint density at radius 1 is 1.35 bits per heavy atom. The van der Waals surface area contributed by atoms with E-state index in [9.17, 15) is 9.59 Å². The van der Waals surface area contributed by atoms with E-state index in [-0.39, 0.29) is 23.0 Å². The third kappa shape index (κ3) is 1.61. The molecule has 2 aliphatic carbocycles. The Kier molecular flexibility index (Phi) is 2.81. The van der Waals surface area contributed by atoms with Crippen LogP contribution >= 0.6 is 0 Å². The largest absolute Gasteiger partial charge is 0.481 e. The van der Waals surface area contributed by atoms with Gasteiger partial charge in [-0.2, -0.15) is 0 Å². The van der Waals surface area contributed by atoms with Gasteiger partial charge in [-0.25, -0.2) is 0 Å². The van der Waals surface area contributed by atoms with Crippen LogP contribution in [0.5, 0.6) is 0 Å². The number of carbonyl (C=O) groups is 2. The van der Waals surface area contributed by atoms with E-state index >= 15 is 0 Å². The molecule has 0 aromatic carbocycles. The first kappa shape index (κ1) is 12.6. The minimum atomic E-state index is -0.993. The molecule has 0 radical (unpaired) electrons. The number of rotatable bonds is 4. The Labute approximate surface area is 102 Å². The van der Waals surface area contributed by atoms with E-state index in [1.54, 1.807) is 0 Å². The summed E-state index contributed by atoms with van der Waals surface area (Å²) in [5.41, 5.74) is 5.40. The average molecular weight is 239 g/mol. The summed E-state index contributed by atoms with van der Waals surface area (Å²) in [5.74, 6) is -0.416. The van der Waals surface area contributed by atoms with Gasteiger partial charge in [-0.1, -0.05) is 13.8 Å². The van der Waals surface area contributed by atoms with Gasteiger partial charge in [-0.15, -0.1) is 0 Å². The number of nitrogens with two attached hydrogens (primary N) is 1. The molecule has 2 bridgehead atoms. The fourth-order valence-corrected chi connectivity index (χ4v) is 4.07. The van der Waals surface area contributed by atoms with Crippen molar-refractivity contribution in [2.45, 2.75) is 52.0 Å². The summed E-state index contributed by atoms with van der Waals surface area (Å²) >= 11 is 0. The van der Waals surface area contributed by atoms with Gasteiger partial charge in [0.15, 0.2) is 5.78 Å². The van der Waals surface area contributed by atoms with Gasteiger partial charge in [0.1, 0.15) is 0 Å². The predicted octanol–water partition coefficient (Wildman–Crippen LogP) is 1.57. The summed E-state index contributed by atoms with van der Waals surface area (Å²) in [5, 5.41) is 8.74. The fourth-order valence-electron chi connectivity index (χ4n) is 4.07. The molecule has 0 aromatic rings. The first-order valence-corrected chi connectivity index (χ1v) is 6.33. The lowest BCUT2D eigenvalue weighted by Crippen LogP contribution is -2.48. The third-order valence-electron chi connectivity index (χ3n) is 5.30. The number of carboxylic acid groups (broad SMARTS) is 1. The lowest BCUT2D eigenvalue weighted by molar-refractivity contribution is -0.142. The fraction of sp³-hybridized carbons (Fsp3) is 0.846. The van der Waals surface area contributed by atoms with Crippen molar-refractivity contribution in [3.63, 3.8) is 0 Å². The van der Waals surface area contributed by atoms with Crippen LogP contribution in [0.1, 0.15) is 46.0 Å². The first-order chi connectivity index (χ1) is 7.81. The van der Waals surface area contributed by atoms with Crippen molar-refractivity contribution in [1.29, 1.82) is 0 Å². The molecule has 17 heavy (non-hydrogen) atoms. The molecule has 2 saturated carbocycles. The average Bonchev–Trinajstić information content (AvgIpc) is 2.64. The summed E-state index contributed by atoms with van der Waals surface area (Å²) in [6.45, 7) is 4.28. The number of carboxylic acids is 1. The zero-order chi connectivity index (χ0) is 12.8. The number of ketones is 1. The number of fused-ring (bicyclic) bond motifs is 2. The topological polar surface area (TPSA) is 80.4 Å². The minimum absolute atomic E-state index is 0.0137. The summed E-state index contributed by atoms with van der Waals surface area (Å²) in [7, 11) is 0. The van der Waals surface area contributed by atoms with Gasteiger partial charge < -0.3 is 10.8 Å². The predicted molar refractivity (Wildman–Crippen MR) is 63.4 cm³/mol. The SMILES string of the molecule is CC1(C)C2CCC1(C(=O)[C@@H](N)CC(=O)O)CC2. The molecule has 2 fully saturated rings. The monoisotopic (exact) mass is 239 g/mol. The van der Waals surface area contributed by atoms with E-state index in [0.717, 1.165) is 25.7 Å². The van der Waals surface area contributed by atoms with Crippen LogP contribution in [0.3, 0.4) is 0 Å². The summed E-state index contributed by atoms with van der Waals surface area (Å²) in [6, 6.07) is -0.844. The van der Waals surface area contributed by atoms with Gasteiger partial charge in [0.25, 0.3) is 0 Å². The second kappa shape index (κ2) is 3.80. The van der Waals surface area contributed by atoms with Crippen molar-refractivity contribution in [2.24, 2.45) is 22.5 Å². The number of hydrogen-bond acceptors (Lipinski definition) is 3. The zero-order valence-corrected chi connectivity index (χ0v) is 10.5. The lowest BCUT2D eigenvalue weighted by atomic mass is 9.65. The van der Waals surface area contributed by atoms with E-state index in [1.807, 2.05) is 0 Å². The number of carbonyl (C=O) groups excluding carboxylic acids is 1. The molecule has 2 rings (SSSR count). The van der Waals surface area contributed by atoms with Gasteiger partial charge in [-0.05, 0) is 37.0 Å². The molecule has 0 heterocycles. The van der Waals surface area contributed by atoms with E-state index in [0.29, 0.717) is 5.92 Å². The highest BCUT2D eigenvalue weighted by molar-refractivity contribution is 5.93. The van der Waals surface area contributed by atoms with E-state index < -0.39 is 12.0 Å². The highest BCUT2D eigenvalue weighted by Crippen LogP contribution is 2.66. The number of Topliss-reactive ketones (excluding diaryl/α,β-unsaturated/α-hetero) is 1. The van der Waals surface area contributed by atoms with Crippen LogP contribution in [-0.2, 0) is 9.59 Å². The lowest BCUT2D eigenvalue weighted by Gasteiger charge is -2.38. The summed E-state index contributed by atoms with van der Waals surface area (Å²) < 4.78 is 0. The van der Waals surface area contributed by atoms with Crippen LogP contribution in [-0.4, -0.2) is 22.9 Å². The molecule has 4 nitrogen and oxygen atoms in total. The molecule has 0 amide bonds. The molecule has 1 atom stereocenters. The first-order valence-electron chi connectivity index (χ1n) is 6.33. The van der Waals surface area contributed by atoms with Crippen LogP contribution in [0.2, 0.25) is 0 Å². The van der Waals surface area contributed by atoms with E-state index in [1.165, 1.54) is 0 Å². The Morgan fingerprint density at radius 3 is 2.24 bits per heavy atom. The highest BCUT2D eigenvalue weighted by atomic mass is 16.4. The van der Waals surface area contributed by atoms with Crippen molar-refractivity contribution in [2.75, 3.05) is 0 Å². The van der Waals surface area contributed by atoms with Crippen LogP contribution in [0.4, 0.5) is 0 Å². The summed E-state index contributed by atoms with van der Waals surface area (Å²) in [4.78, 5) is 23.1. The molecule has 0 unspecified atom stereocenters. The second-order valence-electron chi connectivity index (χ2n) is 6.15. The van der Waals surface area contributed by atoms with Crippen molar-refractivity contribution in [3.8, 4) is 0 Å². The van der Waals surface area contributed by atoms with Crippen LogP contribution in [0, 0.1) is 16.7 Å². The van der Waals surface area contributed by atoms with Gasteiger partial charge >= 0.3 is 5.97 Å². The Bertz CT molecular complexity index is 354. The van der Waals surface area contributed by atoms with Crippen molar-refractivity contribution >= 4 is 11.8 Å². The Balaban J connectivity index is 2.22. The van der Waals surface area contributed by atoms with Gasteiger partial charge in [0, 0.05) is 5.41 Å². The maximum atomic E-state index is 12.5. The molecule has 3 N–H and O–H groups in total.